The molecule has 2 unspecified atom stereocenters. The van der Waals surface area contributed by atoms with Gasteiger partial charge in [0.2, 0.25) is 5.91 Å². The molecule has 0 aromatic rings. The van der Waals surface area contributed by atoms with E-state index < -0.39 is 13.0 Å². The molecule has 1 aliphatic carbocycles. The quantitative estimate of drug-likeness (QED) is 0.727. The zero-order valence-corrected chi connectivity index (χ0v) is 10.5. The van der Waals surface area contributed by atoms with Crippen molar-refractivity contribution >= 4 is 5.91 Å². The van der Waals surface area contributed by atoms with Crippen molar-refractivity contribution in [1.29, 1.82) is 0 Å². The summed E-state index contributed by atoms with van der Waals surface area (Å²) < 4.78 is 24.8. The van der Waals surface area contributed by atoms with E-state index in [-0.39, 0.29) is 31.0 Å². The summed E-state index contributed by atoms with van der Waals surface area (Å²) in [6.45, 7) is -0.977. The Bertz CT molecular complexity index is 264. The first-order valence-electron chi connectivity index (χ1n) is 6.49. The highest BCUT2D eigenvalue weighted by molar-refractivity contribution is 5.79. The maximum Gasteiger partial charge on any atom is 0.255 e. The molecule has 1 fully saturated rings. The van der Waals surface area contributed by atoms with Crippen LogP contribution in [0.4, 0.5) is 8.78 Å². The summed E-state index contributed by atoms with van der Waals surface area (Å²) in [7, 11) is 0. The Morgan fingerprint density at radius 1 is 1.33 bits per heavy atom. The van der Waals surface area contributed by atoms with Gasteiger partial charge < -0.3 is 15.7 Å². The second-order valence-corrected chi connectivity index (χ2v) is 4.81. The summed E-state index contributed by atoms with van der Waals surface area (Å²) in [5.74, 6) is -0.712. The van der Waals surface area contributed by atoms with E-state index in [1.54, 1.807) is 0 Å². The molecule has 4 nitrogen and oxygen atoms in total. The molecule has 0 radical (unpaired) electrons. The molecule has 0 heterocycles. The molecule has 18 heavy (non-hydrogen) atoms. The van der Waals surface area contributed by atoms with E-state index >= 15 is 0 Å². The molecule has 1 rings (SSSR count). The number of nitrogens with zero attached hydrogens (tertiary/aromatic N) is 1. The van der Waals surface area contributed by atoms with Crippen LogP contribution >= 0.6 is 0 Å². The topological polar surface area (TPSA) is 66.6 Å². The third-order valence-corrected chi connectivity index (χ3v) is 3.43. The average Bonchev–Trinajstić information content (AvgIpc) is 2.52. The van der Waals surface area contributed by atoms with Crippen LogP contribution in [-0.4, -0.2) is 48.1 Å². The van der Waals surface area contributed by atoms with E-state index in [1.807, 2.05) is 0 Å². The van der Waals surface area contributed by atoms with Crippen molar-refractivity contribution in [2.75, 3.05) is 19.7 Å². The van der Waals surface area contributed by atoms with Crippen LogP contribution in [0.15, 0.2) is 0 Å². The Morgan fingerprint density at radius 3 is 2.61 bits per heavy atom. The van der Waals surface area contributed by atoms with Gasteiger partial charge in [0.1, 0.15) is 0 Å². The largest absolute Gasteiger partial charge is 0.395 e. The Hall–Kier alpha value is -0.750. The lowest BCUT2D eigenvalue weighted by atomic mass is 9.94. The zero-order valence-electron chi connectivity index (χ0n) is 10.5. The summed E-state index contributed by atoms with van der Waals surface area (Å²) in [5, 5.41) is 8.85. The molecule has 2 atom stereocenters. The molecule has 0 aliphatic heterocycles. The number of hydrogen-bond donors (Lipinski definition) is 2. The van der Waals surface area contributed by atoms with Gasteiger partial charge >= 0.3 is 0 Å². The number of carbonyl (C=O) groups is 1. The van der Waals surface area contributed by atoms with Gasteiger partial charge in [-0.2, -0.15) is 0 Å². The lowest BCUT2D eigenvalue weighted by Crippen LogP contribution is -2.46. The normalized spacial score (nSPS) is 24.9. The first-order valence-corrected chi connectivity index (χ1v) is 6.49. The number of aliphatic hydroxyl groups is 1. The molecule has 106 valence electrons. The minimum atomic E-state index is -2.58. The van der Waals surface area contributed by atoms with Gasteiger partial charge in [0.15, 0.2) is 0 Å². The fraction of sp³-hybridized carbons (Fsp3) is 0.917. The lowest BCUT2D eigenvalue weighted by molar-refractivity contribution is -0.139. The standard InChI is InChI=1S/C12H22F2N2O2/c13-11(14)8-16(6-7-17)12(18)9-4-2-1-3-5-10(9)15/h9-11,17H,1-8,15H2. The summed E-state index contributed by atoms with van der Waals surface area (Å²) in [6.07, 6.45) is 1.77. The Balaban J connectivity index is 2.66. The predicted octanol–water partition coefficient (Wildman–Crippen LogP) is 0.980. The van der Waals surface area contributed by atoms with Crippen LogP contribution in [0.3, 0.4) is 0 Å². The van der Waals surface area contributed by atoms with Crippen molar-refractivity contribution in [2.24, 2.45) is 11.7 Å². The molecule has 1 amide bonds. The molecule has 0 spiro atoms. The number of alkyl halides is 2. The Labute approximate surface area is 106 Å². The van der Waals surface area contributed by atoms with Gasteiger partial charge in [-0.3, -0.25) is 4.79 Å². The molecule has 1 saturated carbocycles. The SMILES string of the molecule is NC1CCCCCC1C(=O)N(CCO)CC(F)F. The number of amides is 1. The van der Waals surface area contributed by atoms with Crippen molar-refractivity contribution in [3.8, 4) is 0 Å². The molecular formula is C12H22F2N2O2. The number of carbonyl (C=O) groups excluding carboxylic acids is 1. The number of nitrogens with two attached hydrogens (primary N) is 1. The van der Waals surface area contributed by atoms with Gasteiger partial charge in [-0.05, 0) is 12.8 Å². The maximum atomic E-state index is 12.4. The summed E-state index contributed by atoms with van der Waals surface area (Å²) in [4.78, 5) is 13.2. The molecule has 3 N–H and O–H groups in total. The summed E-state index contributed by atoms with van der Waals surface area (Å²) in [5.41, 5.74) is 5.95. The van der Waals surface area contributed by atoms with Crippen molar-refractivity contribution in [2.45, 2.75) is 44.6 Å². The van der Waals surface area contributed by atoms with Gasteiger partial charge in [0.05, 0.1) is 19.1 Å². The predicted molar refractivity (Wildman–Crippen MR) is 64.2 cm³/mol. The first-order chi connectivity index (χ1) is 8.56. The molecule has 0 bridgehead atoms. The highest BCUT2D eigenvalue weighted by Crippen LogP contribution is 2.24. The van der Waals surface area contributed by atoms with Crippen LogP contribution in [0.2, 0.25) is 0 Å². The monoisotopic (exact) mass is 264 g/mol. The van der Waals surface area contributed by atoms with Crippen LogP contribution in [-0.2, 0) is 4.79 Å². The van der Waals surface area contributed by atoms with Gasteiger partial charge in [0, 0.05) is 12.6 Å². The van der Waals surface area contributed by atoms with Gasteiger partial charge in [-0.15, -0.1) is 0 Å². The highest BCUT2D eigenvalue weighted by atomic mass is 19.3. The van der Waals surface area contributed by atoms with E-state index in [0.29, 0.717) is 6.42 Å². The third kappa shape index (κ3) is 4.49. The maximum absolute atomic E-state index is 12.4. The summed E-state index contributed by atoms with van der Waals surface area (Å²) >= 11 is 0. The number of aliphatic hydroxyl groups excluding tert-OH is 1. The second kappa shape index (κ2) is 7.63. The van der Waals surface area contributed by atoms with E-state index in [2.05, 4.69) is 0 Å². The molecule has 0 saturated heterocycles. The fourth-order valence-corrected chi connectivity index (χ4v) is 2.46. The zero-order chi connectivity index (χ0) is 13.5. The van der Waals surface area contributed by atoms with Crippen molar-refractivity contribution in [3.63, 3.8) is 0 Å². The van der Waals surface area contributed by atoms with E-state index in [1.165, 1.54) is 0 Å². The summed E-state index contributed by atoms with van der Waals surface area (Å²) in [6, 6.07) is -0.251. The van der Waals surface area contributed by atoms with Crippen molar-refractivity contribution in [1.82, 2.24) is 4.90 Å². The smallest absolute Gasteiger partial charge is 0.255 e. The Morgan fingerprint density at radius 2 is 2.00 bits per heavy atom. The van der Waals surface area contributed by atoms with Gasteiger partial charge in [0.25, 0.3) is 6.43 Å². The Kier molecular flexibility index (Phi) is 6.49. The molecule has 0 aromatic heterocycles. The third-order valence-electron chi connectivity index (χ3n) is 3.43. The van der Waals surface area contributed by atoms with Crippen LogP contribution in [0.1, 0.15) is 32.1 Å². The number of halogens is 2. The molecule has 1 aliphatic rings. The van der Waals surface area contributed by atoms with Crippen LogP contribution in [0, 0.1) is 5.92 Å². The van der Waals surface area contributed by atoms with Crippen molar-refractivity contribution < 1.29 is 18.7 Å². The minimum Gasteiger partial charge on any atom is -0.395 e. The van der Waals surface area contributed by atoms with Crippen molar-refractivity contribution in [3.05, 3.63) is 0 Å². The molecular weight excluding hydrogens is 242 g/mol. The number of rotatable bonds is 5. The van der Waals surface area contributed by atoms with E-state index in [4.69, 9.17) is 10.8 Å². The van der Waals surface area contributed by atoms with Gasteiger partial charge in [-0.25, -0.2) is 8.78 Å². The number of hydrogen-bond acceptors (Lipinski definition) is 3. The van der Waals surface area contributed by atoms with Crippen LogP contribution in [0.25, 0.3) is 0 Å². The van der Waals surface area contributed by atoms with Crippen LogP contribution in [0.5, 0.6) is 0 Å². The van der Waals surface area contributed by atoms with Gasteiger partial charge in [-0.1, -0.05) is 19.3 Å². The minimum absolute atomic E-state index is 0.0492. The second-order valence-electron chi connectivity index (χ2n) is 4.81. The molecule has 0 aromatic carbocycles. The fourth-order valence-electron chi connectivity index (χ4n) is 2.46. The lowest BCUT2D eigenvalue weighted by Gasteiger charge is -2.28. The first kappa shape index (κ1) is 15.3. The van der Waals surface area contributed by atoms with Crippen LogP contribution < -0.4 is 5.73 Å². The molecule has 6 heteroatoms. The van der Waals surface area contributed by atoms with E-state index in [9.17, 15) is 13.6 Å². The average molecular weight is 264 g/mol. The van der Waals surface area contributed by atoms with E-state index in [0.717, 1.165) is 30.6 Å². The highest BCUT2D eigenvalue weighted by Gasteiger charge is 2.31.